The normalized spacial score (nSPS) is 14.6. The van der Waals surface area contributed by atoms with Gasteiger partial charge in [-0.05, 0) is 58.6 Å². The molecule has 28 heavy (non-hydrogen) atoms. The maximum atomic E-state index is 13.1. The Kier molecular flexibility index (Phi) is 6.65. The largest absolute Gasteiger partial charge is 0.309 e. The number of fused-ring (bicyclic) bond motifs is 1. The van der Waals surface area contributed by atoms with E-state index in [2.05, 4.69) is 23.9 Å². The number of halogens is 2. The molecule has 1 aromatic carbocycles. The molecule has 0 saturated carbocycles. The van der Waals surface area contributed by atoms with Crippen LogP contribution >= 0.6 is 23.2 Å². The molecule has 0 fully saturated rings. The topological polar surface area (TPSA) is 44.6 Å². The van der Waals surface area contributed by atoms with Gasteiger partial charge in [0.15, 0.2) is 0 Å². The third-order valence-electron chi connectivity index (χ3n) is 4.97. The van der Waals surface area contributed by atoms with Crippen molar-refractivity contribution in [2.75, 3.05) is 38.8 Å². The Bertz CT molecular complexity index is 892. The Morgan fingerprint density at radius 3 is 2.43 bits per heavy atom. The summed E-state index contributed by atoms with van der Waals surface area (Å²) in [5.74, 6) is 0.641. The number of nitrogens with zero attached hydrogens (tertiary/aromatic N) is 5. The zero-order chi connectivity index (χ0) is 20.4. The summed E-state index contributed by atoms with van der Waals surface area (Å²) >= 11 is 12.5. The molecule has 0 spiro atoms. The van der Waals surface area contributed by atoms with E-state index in [4.69, 9.17) is 28.2 Å². The quantitative estimate of drug-likeness (QED) is 0.707. The van der Waals surface area contributed by atoms with Crippen LogP contribution in [0.5, 0.6) is 0 Å². The summed E-state index contributed by atoms with van der Waals surface area (Å²) in [5, 5.41) is 1.12. The Balaban J connectivity index is 2.04. The van der Waals surface area contributed by atoms with Crippen LogP contribution in [0.1, 0.15) is 24.6 Å². The fourth-order valence-electron chi connectivity index (χ4n) is 3.58. The van der Waals surface area contributed by atoms with Gasteiger partial charge in [0.05, 0.1) is 13.3 Å². The lowest BCUT2D eigenvalue weighted by Crippen LogP contribution is -2.48. The molecule has 0 N–H and O–H groups in total. The number of hydrogen-bond donors (Lipinski definition) is 0. The standard InChI is InChI=1S/C20H27Cl2N5O/c1-5-18-14(2)23-20-26(17-10-15(21)9-16(22)11-17)12-25(8-6-7-24(3)4)13-27(20)19(18)28/h9-11H,5-8,12-13H2,1-4H3. The summed E-state index contributed by atoms with van der Waals surface area (Å²) in [6, 6.07) is 5.42. The van der Waals surface area contributed by atoms with Crippen molar-refractivity contribution in [3.8, 4) is 0 Å². The van der Waals surface area contributed by atoms with Gasteiger partial charge in [-0.15, -0.1) is 0 Å². The van der Waals surface area contributed by atoms with Gasteiger partial charge in [-0.1, -0.05) is 30.1 Å². The van der Waals surface area contributed by atoms with E-state index in [-0.39, 0.29) is 5.56 Å². The summed E-state index contributed by atoms with van der Waals surface area (Å²) in [4.78, 5) is 24.3. The molecule has 0 aliphatic carbocycles. The maximum Gasteiger partial charge on any atom is 0.259 e. The number of aryl methyl sites for hydroxylation is 1. The van der Waals surface area contributed by atoms with E-state index in [0.29, 0.717) is 35.8 Å². The summed E-state index contributed by atoms with van der Waals surface area (Å²) in [5.41, 5.74) is 2.40. The molecular weight excluding hydrogens is 397 g/mol. The molecule has 1 aliphatic rings. The van der Waals surface area contributed by atoms with E-state index in [1.807, 2.05) is 30.9 Å². The van der Waals surface area contributed by atoms with Crippen molar-refractivity contribution >= 4 is 34.8 Å². The maximum absolute atomic E-state index is 13.1. The number of rotatable bonds is 6. The van der Waals surface area contributed by atoms with Crippen molar-refractivity contribution in [1.29, 1.82) is 0 Å². The Morgan fingerprint density at radius 2 is 1.82 bits per heavy atom. The first-order valence-electron chi connectivity index (χ1n) is 9.51. The molecule has 1 aromatic heterocycles. The van der Waals surface area contributed by atoms with Crippen LogP contribution in [0, 0.1) is 6.92 Å². The number of benzene rings is 1. The molecule has 2 aromatic rings. The monoisotopic (exact) mass is 423 g/mol. The van der Waals surface area contributed by atoms with Gasteiger partial charge in [-0.25, -0.2) is 4.98 Å². The first-order chi connectivity index (χ1) is 13.3. The minimum Gasteiger partial charge on any atom is -0.309 e. The lowest BCUT2D eigenvalue weighted by Gasteiger charge is -2.38. The molecule has 1 aliphatic heterocycles. The number of hydrogen-bond acceptors (Lipinski definition) is 5. The lowest BCUT2D eigenvalue weighted by atomic mass is 10.2. The predicted molar refractivity (Wildman–Crippen MR) is 116 cm³/mol. The van der Waals surface area contributed by atoms with Crippen LogP contribution in [-0.2, 0) is 13.1 Å². The zero-order valence-electron chi connectivity index (χ0n) is 16.9. The van der Waals surface area contributed by atoms with E-state index in [9.17, 15) is 4.79 Å². The SMILES string of the molecule is CCc1c(C)nc2n(c1=O)CN(CCCN(C)C)CN2c1cc(Cl)cc(Cl)c1. The van der Waals surface area contributed by atoms with Crippen LogP contribution < -0.4 is 10.5 Å². The third-order valence-corrected chi connectivity index (χ3v) is 5.40. The fourth-order valence-corrected chi connectivity index (χ4v) is 4.09. The summed E-state index contributed by atoms with van der Waals surface area (Å²) in [6.45, 7) is 6.92. The summed E-state index contributed by atoms with van der Waals surface area (Å²) in [6.07, 6.45) is 1.68. The van der Waals surface area contributed by atoms with E-state index in [1.54, 1.807) is 10.6 Å². The first-order valence-corrected chi connectivity index (χ1v) is 10.3. The van der Waals surface area contributed by atoms with Crippen LogP contribution in [0.3, 0.4) is 0 Å². The van der Waals surface area contributed by atoms with Gasteiger partial charge < -0.3 is 4.90 Å². The molecule has 0 radical (unpaired) electrons. The lowest BCUT2D eigenvalue weighted by molar-refractivity contribution is 0.189. The van der Waals surface area contributed by atoms with Crippen molar-refractivity contribution in [3.05, 3.63) is 49.9 Å². The second-order valence-corrected chi connectivity index (χ2v) is 8.33. The predicted octanol–water partition coefficient (Wildman–Crippen LogP) is 3.74. The van der Waals surface area contributed by atoms with Crippen LogP contribution in [0.15, 0.2) is 23.0 Å². The molecule has 0 atom stereocenters. The van der Waals surface area contributed by atoms with Gasteiger partial charge in [-0.3, -0.25) is 19.2 Å². The molecule has 0 amide bonds. The molecule has 3 rings (SSSR count). The van der Waals surface area contributed by atoms with Crippen LogP contribution in [0.4, 0.5) is 11.6 Å². The average Bonchev–Trinajstić information content (AvgIpc) is 2.61. The summed E-state index contributed by atoms with van der Waals surface area (Å²) < 4.78 is 1.76. The van der Waals surface area contributed by atoms with Crippen molar-refractivity contribution in [2.24, 2.45) is 0 Å². The number of aromatic nitrogens is 2. The minimum absolute atomic E-state index is 0.0282. The van der Waals surface area contributed by atoms with E-state index >= 15 is 0 Å². The number of anilines is 2. The Labute approximate surface area is 176 Å². The van der Waals surface area contributed by atoms with Gasteiger partial charge in [0.1, 0.15) is 0 Å². The van der Waals surface area contributed by atoms with Crippen LogP contribution in [0.2, 0.25) is 10.0 Å². The highest BCUT2D eigenvalue weighted by molar-refractivity contribution is 6.35. The summed E-state index contributed by atoms with van der Waals surface area (Å²) in [7, 11) is 4.13. The minimum atomic E-state index is 0.0282. The molecule has 8 heteroatoms. The van der Waals surface area contributed by atoms with Gasteiger partial charge in [-0.2, -0.15) is 0 Å². The van der Waals surface area contributed by atoms with Gasteiger partial charge in [0.25, 0.3) is 5.56 Å². The Hall–Kier alpha value is -1.60. The first kappa shape index (κ1) is 21.1. The van der Waals surface area contributed by atoms with Crippen molar-refractivity contribution in [1.82, 2.24) is 19.4 Å². The third kappa shape index (κ3) is 4.51. The molecule has 152 valence electrons. The zero-order valence-corrected chi connectivity index (χ0v) is 18.4. The highest BCUT2D eigenvalue weighted by Gasteiger charge is 2.27. The van der Waals surface area contributed by atoms with Crippen molar-refractivity contribution < 1.29 is 0 Å². The van der Waals surface area contributed by atoms with Crippen molar-refractivity contribution in [3.63, 3.8) is 0 Å². The van der Waals surface area contributed by atoms with Gasteiger partial charge in [0, 0.05) is 33.5 Å². The molecule has 6 nitrogen and oxygen atoms in total. The van der Waals surface area contributed by atoms with E-state index in [0.717, 1.165) is 36.5 Å². The molecule has 0 bridgehead atoms. The highest BCUT2D eigenvalue weighted by Crippen LogP contribution is 2.32. The average molecular weight is 424 g/mol. The highest BCUT2D eigenvalue weighted by atomic mass is 35.5. The Morgan fingerprint density at radius 1 is 1.14 bits per heavy atom. The smallest absolute Gasteiger partial charge is 0.259 e. The second-order valence-electron chi connectivity index (χ2n) is 7.45. The molecular formula is C20H27Cl2N5O. The van der Waals surface area contributed by atoms with E-state index < -0.39 is 0 Å². The molecule has 0 saturated heterocycles. The van der Waals surface area contributed by atoms with Gasteiger partial charge in [0.2, 0.25) is 5.95 Å². The van der Waals surface area contributed by atoms with Crippen LogP contribution in [-0.4, -0.2) is 53.2 Å². The van der Waals surface area contributed by atoms with Crippen LogP contribution in [0.25, 0.3) is 0 Å². The fraction of sp³-hybridized carbons (Fsp3) is 0.500. The van der Waals surface area contributed by atoms with Gasteiger partial charge >= 0.3 is 0 Å². The second kappa shape index (κ2) is 8.82. The van der Waals surface area contributed by atoms with Crippen molar-refractivity contribution in [2.45, 2.75) is 33.4 Å². The van der Waals surface area contributed by atoms with E-state index in [1.165, 1.54) is 0 Å². The molecule has 0 unspecified atom stereocenters. The molecule has 2 heterocycles.